The van der Waals surface area contributed by atoms with Gasteiger partial charge in [0.25, 0.3) is 0 Å². The highest BCUT2D eigenvalue weighted by Gasteiger charge is 2.35. The zero-order chi connectivity index (χ0) is 21.2. The smallest absolute Gasteiger partial charge is 0.230 e. The summed E-state index contributed by atoms with van der Waals surface area (Å²) in [5.41, 5.74) is 3.84. The van der Waals surface area contributed by atoms with Gasteiger partial charge in [0, 0.05) is 31.4 Å². The molecule has 0 unspecified atom stereocenters. The fraction of sp³-hybridized carbons (Fsp3) is 0.417. The highest BCUT2D eigenvalue weighted by Crippen LogP contribution is 2.38. The van der Waals surface area contributed by atoms with Crippen molar-refractivity contribution in [2.75, 3.05) is 24.5 Å². The number of hydrogen-bond acceptors (Lipinski definition) is 5. The number of amides is 1. The van der Waals surface area contributed by atoms with E-state index in [9.17, 15) is 4.79 Å². The van der Waals surface area contributed by atoms with E-state index in [0.29, 0.717) is 0 Å². The van der Waals surface area contributed by atoms with Crippen LogP contribution in [0.3, 0.4) is 0 Å². The molecule has 7 nitrogen and oxygen atoms in total. The molecule has 0 spiro atoms. The second-order valence-corrected chi connectivity index (χ2v) is 8.46. The molecular formula is C24H28N6O. The minimum Gasteiger partial charge on any atom is -0.341 e. The molecule has 7 heteroatoms. The number of anilines is 1. The molecule has 0 saturated carbocycles. The van der Waals surface area contributed by atoms with Gasteiger partial charge in [-0.1, -0.05) is 30.3 Å². The van der Waals surface area contributed by atoms with Gasteiger partial charge in [-0.05, 0) is 44.2 Å². The summed E-state index contributed by atoms with van der Waals surface area (Å²) in [7, 11) is 0. The highest BCUT2D eigenvalue weighted by atomic mass is 16.2. The molecule has 1 N–H and O–H groups in total. The lowest BCUT2D eigenvalue weighted by molar-refractivity contribution is -0.133. The predicted molar refractivity (Wildman–Crippen MR) is 120 cm³/mol. The molecule has 2 fully saturated rings. The standard InChI is InChI=1S/C24H28N6O/c1-17(18-8-3-2-4-9-18)23(31)30-15-7-10-21(30)22-19(16-26-28-22)20-11-12-25-24(27-20)29-13-5-6-14-29/h2-4,8-9,11-12,16-17,21H,5-7,10,13-15H2,1H3,(H,26,28)/t17-,21-/m1/s1. The Morgan fingerprint density at radius 3 is 2.71 bits per heavy atom. The Balaban J connectivity index is 1.42. The van der Waals surface area contributed by atoms with Crippen molar-refractivity contribution < 1.29 is 4.79 Å². The monoisotopic (exact) mass is 416 g/mol. The van der Waals surface area contributed by atoms with E-state index >= 15 is 0 Å². The normalized spacial score (nSPS) is 19.7. The molecule has 0 radical (unpaired) electrons. The first kappa shape index (κ1) is 19.7. The van der Waals surface area contributed by atoms with Crippen LogP contribution in [0, 0.1) is 0 Å². The third kappa shape index (κ3) is 3.80. The Bertz CT molecular complexity index is 1040. The second-order valence-electron chi connectivity index (χ2n) is 8.46. The molecule has 1 amide bonds. The van der Waals surface area contributed by atoms with Gasteiger partial charge in [-0.15, -0.1) is 0 Å². The lowest BCUT2D eigenvalue weighted by atomic mass is 9.98. The van der Waals surface area contributed by atoms with Crippen LogP contribution < -0.4 is 4.90 Å². The molecule has 3 aromatic rings. The first-order valence-corrected chi connectivity index (χ1v) is 11.2. The first-order valence-electron chi connectivity index (χ1n) is 11.2. The molecule has 0 bridgehead atoms. The van der Waals surface area contributed by atoms with Gasteiger partial charge in [0.15, 0.2) is 0 Å². The number of nitrogens with one attached hydrogen (secondary N) is 1. The summed E-state index contributed by atoms with van der Waals surface area (Å²) in [5.74, 6) is 0.767. The number of likely N-dealkylation sites (tertiary alicyclic amines) is 1. The largest absolute Gasteiger partial charge is 0.341 e. The molecule has 2 aliphatic heterocycles. The first-order chi connectivity index (χ1) is 15.2. The molecule has 5 rings (SSSR count). The van der Waals surface area contributed by atoms with Gasteiger partial charge < -0.3 is 9.80 Å². The van der Waals surface area contributed by atoms with Crippen LogP contribution in [0.2, 0.25) is 0 Å². The van der Waals surface area contributed by atoms with E-state index in [0.717, 1.165) is 60.9 Å². The average molecular weight is 417 g/mol. The molecule has 2 saturated heterocycles. The number of carbonyl (C=O) groups is 1. The molecule has 2 aliphatic rings. The van der Waals surface area contributed by atoms with E-state index in [1.165, 1.54) is 12.8 Å². The fourth-order valence-corrected chi connectivity index (χ4v) is 4.79. The lowest BCUT2D eigenvalue weighted by Gasteiger charge is -2.27. The average Bonchev–Trinajstić information content (AvgIpc) is 3.59. The number of nitrogens with zero attached hydrogens (tertiary/aromatic N) is 5. The molecule has 0 aliphatic carbocycles. The number of benzene rings is 1. The van der Waals surface area contributed by atoms with E-state index in [-0.39, 0.29) is 17.9 Å². The SMILES string of the molecule is C[C@@H](C(=O)N1CCC[C@@H]1c1[nH]ncc1-c1ccnc(N2CCCC2)n1)c1ccccc1. The van der Waals surface area contributed by atoms with E-state index in [4.69, 9.17) is 4.98 Å². The van der Waals surface area contributed by atoms with Gasteiger partial charge in [0.2, 0.25) is 11.9 Å². The Labute approximate surface area is 182 Å². The Morgan fingerprint density at radius 1 is 1.10 bits per heavy atom. The summed E-state index contributed by atoms with van der Waals surface area (Å²) in [6.45, 7) is 4.77. The van der Waals surface area contributed by atoms with Gasteiger partial charge in [-0.2, -0.15) is 5.10 Å². The summed E-state index contributed by atoms with van der Waals surface area (Å²) < 4.78 is 0. The van der Waals surface area contributed by atoms with Crippen LogP contribution >= 0.6 is 0 Å². The van der Waals surface area contributed by atoms with Gasteiger partial charge in [0.05, 0.1) is 29.5 Å². The van der Waals surface area contributed by atoms with Gasteiger partial charge in [-0.25, -0.2) is 9.97 Å². The molecule has 31 heavy (non-hydrogen) atoms. The van der Waals surface area contributed by atoms with Crippen molar-refractivity contribution in [2.24, 2.45) is 0 Å². The maximum atomic E-state index is 13.4. The molecule has 160 valence electrons. The van der Waals surface area contributed by atoms with Gasteiger partial charge in [-0.3, -0.25) is 9.89 Å². The zero-order valence-electron chi connectivity index (χ0n) is 17.9. The highest BCUT2D eigenvalue weighted by molar-refractivity contribution is 5.84. The number of aromatic nitrogens is 4. The van der Waals surface area contributed by atoms with E-state index < -0.39 is 0 Å². The molecule has 1 aromatic carbocycles. The van der Waals surface area contributed by atoms with Crippen molar-refractivity contribution in [2.45, 2.75) is 44.6 Å². The lowest BCUT2D eigenvalue weighted by Crippen LogP contribution is -2.34. The van der Waals surface area contributed by atoms with Crippen molar-refractivity contribution in [3.8, 4) is 11.3 Å². The van der Waals surface area contributed by atoms with Crippen LogP contribution in [0.1, 0.15) is 55.8 Å². The van der Waals surface area contributed by atoms with Crippen molar-refractivity contribution >= 4 is 11.9 Å². The van der Waals surface area contributed by atoms with Crippen molar-refractivity contribution in [3.63, 3.8) is 0 Å². The van der Waals surface area contributed by atoms with Crippen LogP contribution in [-0.2, 0) is 4.79 Å². The van der Waals surface area contributed by atoms with Crippen molar-refractivity contribution in [3.05, 3.63) is 60.0 Å². The summed E-state index contributed by atoms with van der Waals surface area (Å²) in [6.07, 6.45) is 7.92. The summed E-state index contributed by atoms with van der Waals surface area (Å²) in [6, 6.07) is 11.9. The van der Waals surface area contributed by atoms with E-state index in [2.05, 4.69) is 20.1 Å². The van der Waals surface area contributed by atoms with Crippen molar-refractivity contribution in [1.29, 1.82) is 0 Å². The molecule has 4 heterocycles. The second kappa shape index (κ2) is 8.49. The maximum absolute atomic E-state index is 13.4. The van der Waals surface area contributed by atoms with Crippen LogP contribution in [0.5, 0.6) is 0 Å². The van der Waals surface area contributed by atoms with Crippen LogP contribution in [-0.4, -0.2) is 50.6 Å². The third-order valence-corrected chi connectivity index (χ3v) is 6.52. The van der Waals surface area contributed by atoms with Crippen LogP contribution in [0.4, 0.5) is 5.95 Å². The summed E-state index contributed by atoms with van der Waals surface area (Å²) in [5, 5.41) is 7.51. The number of carbonyl (C=O) groups excluding carboxylic acids is 1. The van der Waals surface area contributed by atoms with Gasteiger partial charge in [0.1, 0.15) is 0 Å². The fourth-order valence-electron chi connectivity index (χ4n) is 4.79. The number of hydrogen-bond donors (Lipinski definition) is 1. The Kier molecular flexibility index (Phi) is 5.40. The van der Waals surface area contributed by atoms with Crippen LogP contribution in [0.15, 0.2) is 48.8 Å². The molecule has 2 aromatic heterocycles. The number of aromatic amines is 1. The van der Waals surface area contributed by atoms with Crippen molar-refractivity contribution in [1.82, 2.24) is 25.1 Å². The molecular weight excluding hydrogens is 388 g/mol. The maximum Gasteiger partial charge on any atom is 0.230 e. The minimum atomic E-state index is -0.172. The zero-order valence-corrected chi connectivity index (χ0v) is 17.9. The third-order valence-electron chi connectivity index (χ3n) is 6.52. The van der Waals surface area contributed by atoms with E-state index in [1.54, 1.807) is 0 Å². The Morgan fingerprint density at radius 2 is 1.90 bits per heavy atom. The summed E-state index contributed by atoms with van der Waals surface area (Å²) >= 11 is 0. The molecule has 2 atom stereocenters. The van der Waals surface area contributed by atoms with E-state index in [1.807, 2.05) is 60.6 Å². The summed E-state index contributed by atoms with van der Waals surface area (Å²) in [4.78, 5) is 26.9. The number of H-pyrrole nitrogens is 1. The number of rotatable bonds is 5. The van der Waals surface area contributed by atoms with Gasteiger partial charge >= 0.3 is 0 Å². The van der Waals surface area contributed by atoms with Crippen LogP contribution in [0.25, 0.3) is 11.3 Å². The topological polar surface area (TPSA) is 78.0 Å². The Hall–Kier alpha value is -3.22. The predicted octanol–water partition coefficient (Wildman–Crippen LogP) is 3.93. The quantitative estimate of drug-likeness (QED) is 0.682. The minimum absolute atomic E-state index is 0.0126.